The highest BCUT2D eigenvalue weighted by molar-refractivity contribution is 7.90. The molecule has 0 aromatic heterocycles. The summed E-state index contributed by atoms with van der Waals surface area (Å²) >= 11 is 5.85. The van der Waals surface area contributed by atoms with E-state index in [9.17, 15) is 26.4 Å². The van der Waals surface area contributed by atoms with Crippen LogP contribution in [0.2, 0.25) is 5.02 Å². The molecule has 1 aliphatic rings. The number of ketones is 1. The number of Topliss-reactive ketones (excluding diaryl/α,β-unsaturated/α-hetero) is 1. The van der Waals surface area contributed by atoms with Gasteiger partial charge in [0.25, 0.3) is 0 Å². The van der Waals surface area contributed by atoms with E-state index >= 15 is 0 Å². The Kier molecular flexibility index (Phi) is 5.88. The van der Waals surface area contributed by atoms with Crippen molar-refractivity contribution in [2.75, 3.05) is 0 Å². The third-order valence-corrected chi connectivity index (χ3v) is 7.42. The second-order valence-electron chi connectivity index (χ2n) is 7.79. The summed E-state index contributed by atoms with van der Waals surface area (Å²) in [5.74, 6) is -2.27. The van der Waals surface area contributed by atoms with Crippen molar-refractivity contribution in [1.82, 2.24) is 0 Å². The average Bonchev–Trinajstić information content (AvgIpc) is 2.91. The summed E-state index contributed by atoms with van der Waals surface area (Å²) in [6.07, 6.45) is -4.56. The van der Waals surface area contributed by atoms with Gasteiger partial charge in [-0.05, 0) is 35.4 Å². The fraction of sp³-hybridized carbons (Fsp3) is 0.167. The van der Waals surface area contributed by atoms with Gasteiger partial charge < -0.3 is 14.7 Å². The predicted octanol–water partition coefficient (Wildman–Crippen LogP) is 0.295. The van der Waals surface area contributed by atoms with Crippen molar-refractivity contribution in [2.24, 2.45) is 5.73 Å². The van der Waals surface area contributed by atoms with Crippen LogP contribution < -0.4 is 5.73 Å². The number of nitrogens with two attached hydrogens (primary N) is 1. The number of rotatable bonds is 5. The molecule has 0 radical (unpaired) electrons. The van der Waals surface area contributed by atoms with Gasteiger partial charge in [-0.3, -0.25) is 4.79 Å². The molecule has 14 heteroatoms. The Labute approximate surface area is 190 Å². The maximum absolute atomic E-state index is 13.0. The maximum atomic E-state index is 13.0. The van der Waals surface area contributed by atoms with Gasteiger partial charge in [-0.15, -0.1) is 0 Å². The molecule has 2 N–H and O–H groups in total. The van der Waals surface area contributed by atoms with Gasteiger partial charge in [-0.2, -0.15) is 21.6 Å². The first-order valence-electron chi connectivity index (χ1n) is 9.21. The van der Waals surface area contributed by atoms with Gasteiger partial charge in [-0.1, -0.05) is 35.9 Å². The lowest BCUT2D eigenvalue weighted by molar-refractivity contribution is -0.137. The minimum Gasteiger partial charge on any atom is -0.467 e. The molecule has 2 aromatic carbocycles. The Hall–Kier alpha value is -2.53. The lowest BCUT2D eigenvalue weighted by atomic mass is 9.65. The van der Waals surface area contributed by atoms with Crippen LogP contribution in [0.25, 0.3) is 0 Å². The molecule has 3 rings (SSSR count). The number of halogens is 4. The van der Waals surface area contributed by atoms with E-state index < -0.39 is 49.3 Å². The summed E-state index contributed by atoms with van der Waals surface area (Å²) in [5, 5.41) is 0.404. The van der Waals surface area contributed by atoms with Gasteiger partial charge in [0.1, 0.15) is 15.7 Å². The van der Waals surface area contributed by atoms with Gasteiger partial charge in [0.15, 0.2) is 13.3 Å². The van der Waals surface area contributed by atoms with Crippen molar-refractivity contribution in [3.63, 3.8) is 0 Å². The molecule has 0 saturated heterocycles. The van der Waals surface area contributed by atoms with Crippen LogP contribution >= 0.6 is 11.6 Å². The van der Waals surface area contributed by atoms with Crippen LogP contribution in [-0.2, 0) is 40.1 Å². The summed E-state index contributed by atoms with van der Waals surface area (Å²) in [4.78, 5) is 13.0. The van der Waals surface area contributed by atoms with Gasteiger partial charge in [0.2, 0.25) is 17.4 Å². The highest BCUT2D eigenvalue weighted by atomic mass is 35.5. The first kappa shape index (κ1) is 24.1. The first-order valence-corrected chi connectivity index (χ1v) is 11.0. The van der Waals surface area contributed by atoms with E-state index in [1.807, 2.05) is 0 Å². The average molecular weight is 483 g/mol. The number of alkyl halides is 3. The van der Waals surface area contributed by atoms with Gasteiger partial charge >= 0.3 is 16.3 Å². The number of benzene rings is 2. The third-order valence-electron chi connectivity index (χ3n) is 5.30. The fourth-order valence-corrected chi connectivity index (χ4v) is 4.23. The third kappa shape index (κ3) is 4.11. The molecule has 0 saturated carbocycles. The van der Waals surface area contributed by atoms with Crippen molar-refractivity contribution in [3.8, 4) is 0 Å². The summed E-state index contributed by atoms with van der Waals surface area (Å²) in [5.41, 5.74) is 3.36. The monoisotopic (exact) mass is 483 g/mol. The minimum absolute atomic E-state index is 0.0476. The largest absolute Gasteiger partial charge is 0.467 e. The fourth-order valence-electron chi connectivity index (χ4n) is 3.10. The standard InChI is InChI=1S/C18H16B3ClF3NO5S/c19-16(9-1-3-11(4-2-9)18(23,24)25)14(27)13(15(26)30-16)31-32(28,29)17(20,21)10-5-7-12(22)8-6-10/h1-8H,19-21,26H2/t16-/m1/s1. The van der Waals surface area contributed by atoms with Gasteiger partial charge in [-0.25, -0.2) is 0 Å². The second kappa shape index (κ2) is 7.81. The molecule has 0 spiro atoms. The number of carbonyl (C=O) groups is 1. The Morgan fingerprint density at radius 1 is 1.00 bits per heavy atom. The highest BCUT2D eigenvalue weighted by Crippen LogP contribution is 2.39. The molecule has 1 aliphatic heterocycles. The zero-order chi connectivity index (χ0) is 24.1. The van der Waals surface area contributed by atoms with Crippen LogP contribution in [0.5, 0.6) is 0 Å². The highest BCUT2D eigenvalue weighted by Gasteiger charge is 2.51. The van der Waals surface area contributed by atoms with Crippen LogP contribution in [0.3, 0.4) is 0 Å². The smallest absolute Gasteiger partial charge is 0.416 e. The van der Waals surface area contributed by atoms with E-state index in [0.717, 1.165) is 24.3 Å². The van der Waals surface area contributed by atoms with Crippen LogP contribution in [0.4, 0.5) is 13.2 Å². The van der Waals surface area contributed by atoms with Crippen LogP contribution in [0.15, 0.2) is 60.2 Å². The molecule has 2 aromatic rings. The quantitative estimate of drug-likeness (QED) is 0.486. The van der Waals surface area contributed by atoms with E-state index in [1.165, 1.54) is 47.8 Å². The first-order chi connectivity index (χ1) is 14.6. The molecule has 0 aliphatic carbocycles. The topological polar surface area (TPSA) is 95.7 Å². The van der Waals surface area contributed by atoms with E-state index in [1.54, 1.807) is 0 Å². The number of ether oxygens (including phenoxy) is 1. The number of hydrogen-bond donors (Lipinski definition) is 1. The molecule has 1 atom stereocenters. The van der Waals surface area contributed by atoms with E-state index in [-0.39, 0.29) is 5.56 Å². The van der Waals surface area contributed by atoms with E-state index in [4.69, 9.17) is 26.3 Å². The molecule has 0 unspecified atom stereocenters. The second-order valence-corrected chi connectivity index (χ2v) is 10.3. The minimum atomic E-state index is -4.56. The number of hydrogen-bond acceptors (Lipinski definition) is 6. The molecular weight excluding hydrogens is 467 g/mol. The SMILES string of the molecule is BC(B)(c1ccc(Cl)cc1)S(=O)(=O)OC1=C(N)O[C@](B)(c2ccc(C(F)(F)F)cc2)C1=O. The molecular formula is C18H16B3ClF3NO5S. The Balaban J connectivity index is 1.90. The Bertz CT molecular complexity index is 1200. The van der Waals surface area contributed by atoms with Crippen molar-refractivity contribution in [1.29, 1.82) is 0 Å². The molecule has 0 amide bonds. The molecule has 0 bridgehead atoms. The molecule has 0 fully saturated rings. The summed E-state index contributed by atoms with van der Waals surface area (Å²) in [7, 11) is -0.457. The van der Waals surface area contributed by atoms with Crippen molar-refractivity contribution < 1.29 is 35.3 Å². The van der Waals surface area contributed by atoms with E-state index in [2.05, 4.69) is 0 Å². The lowest BCUT2D eigenvalue weighted by Gasteiger charge is -2.26. The van der Waals surface area contributed by atoms with Crippen LogP contribution in [0, 0.1) is 0 Å². The van der Waals surface area contributed by atoms with E-state index in [0.29, 0.717) is 10.6 Å². The van der Waals surface area contributed by atoms with Crippen molar-refractivity contribution in [3.05, 3.63) is 81.9 Å². The molecule has 1 heterocycles. The van der Waals surface area contributed by atoms with Crippen LogP contribution in [-0.4, -0.2) is 37.7 Å². The predicted molar refractivity (Wildman–Crippen MR) is 119 cm³/mol. The Morgan fingerprint density at radius 2 is 1.50 bits per heavy atom. The zero-order valence-corrected chi connectivity index (χ0v) is 18.7. The Morgan fingerprint density at radius 3 is 2.00 bits per heavy atom. The number of carbonyl (C=O) groups excluding carboxylic acids is 1. The van der Waals surface area contributed by atoms with Crippen LogP contribution in [0.1, 0.15) is 16.7 Å². The zero-order valence-electron chi connectivity index (χ0n) is 17.2. The van der Waals surface area contributed by atoms with Crippen molar-refractivity contribution in [2.45, 2.75) is 16.2 Å². The normalized spacial score (nSPS) is 19.7. The molecule has 6 nitrogen and oxygen atoms in total. The summed E-state index contributed by atoms with van der Waals surface area (Å²) < 4.78 is 73.4. The maximum Gasteiger partial charge on any atom is 0.416 e. The molecule has 32 heavy (non-hydrogen) atoms. The molecule has 166 valence electrons. The summed E-state index contributed by atoms with van der Waals surface area (Å²) in [6, 6.07) is 9.70. The lowest BCUT2D eigenvalue weighted by Crippen LogP contribution is -2.40. The summed E-state index contributed by atoms with van der Waals surface area (Å²) in [6.45, 7) is 0. The van der Waals surface area contributed by atoms with Gasteiger partial charge in [0, 0.05) is 5.02 Å². The van der Waals surface area contributed by atoms with Crippen molar-refractivity contribution >= 4 is 51.0 Å². The van der Waals surface area contributed by atoms with Gasteiger partial charge in [0.05, 0.1) is 10.1 Å².